The number of carbonyl (C=O) groups excluding carboxylic acids is 2. The van der Waals surface area contributed by atoms with E-state index in [9.17, 15) is 18.9 Å². The van der Waals surface area contributed by atoms with Gasteiger partial charge in [-0.1, -0.05) is 53.5 Å². The van der Waals surface area contributed by atoms with E-state index in [1.165, 1.54) is 19.2 Å². The van der Waals surface area contributed by atoms with E-state index in [4.69, 9.17) is 30.9 Å². The van der Waals surface area contributed by atoms with E-state index in [1.807, 2.05) is 4.90 Å². The van der Waals surface area contributed by atoms with E-state index in [1.54, 1.807) is 52.8 Å². The summed E-state index contributed by atoms with van der Waals surface area (Å²) < 4.78 is 114. The molecule has 0 radical (unpaired) electrons. The normalized spacial score (nSPS) is 19.8. The predicted molar refractivity (Wildman–Crippen MR) is 192 cm³/mol. The lowest BCUT2D eigenvalue weighted by Crippen LogP contribution is -2.39. The Labute approximate surface area is 301 Å². The average molecular weight is 708 g/mol. The van der Waals surface area contributed by atoms with E-state index in [-0.39, 0.29) is 35.4 Å². The topological polar surface area (TPSA) is 148 Å². The van der Waals surface area contributed by atoms with Crippen molar-refractivity contribution in [1.82, 2.24) is 15.0 Å². The lowest BCUT2D eigenvalue weighted by Gasteiger charge is -2.32. The highest BCUT2D eigenvalue weighted by atomic mass is 31.2. The number of morpholine rings is 1. The number of para-hydroxylation sites is 1. The molecule has 2 atom stereocenters. The molecule has 0 bridgehead atoms. The molecule has 4 rings (SSSR count). The first-order valence-corrected chi connectivity index (χ1v) is 17.5. The number of benzene rings is 2. The number of pyridine rings is 1. The Morgan fingerprint density at radius 1 is 1.06 bits per heavy atom. The molecule has 0 saturated carbocycles. The minimum absolute atomic E-state index is 0.0347. The van der Waals surface area contributed by atoms with Gasteiger partial charge in [0.1, 0.15) is 17.4 Å². The van der Waals surface area contributed by atoms with Crippen molar-refractivity contribution in [2.75, 3.05) is 44.8 Å². The second-order valence-corrected chi connectivity index (χ2v) is 14.8. The number of H-pyrrole nitrogens is 1. The van der Waals surface area contributed by atoms with Crippen molar-refractivity contribution >= 4 is 36.2 Å². The zero-order valence-electron chi connectivity index (χ0n) is 37.6. The summed E-state index contributed by atoms with van der Waals surface area (Å²) in [7, 11) is -4.95. The fourth-order valence-electron chi connectivity index (χ4n) is 5.16. The Balaban J connectivity index is 2.01. The first-order chi connectivity index (χ1) is 26.6. The van der Waals surface area contributed by atoms with Gasteiger partial charge in [0.05, 0.1) is 25.9 Å². The predicted octanol–water partition coefficient (Wildman–Crippen LogP) is 6.14. The molecule has 1 amide bonds. The molecule has 2 aromatic carbocycles. The lowest BCUT2D eigenvalue weighted by molar-refractivity contribution is -0.149. The molecule has 1 fully saturated rings. The summed E-state index contributed by atoms with van der Waals surface area (Å²) in [6.07, 6.45) is 0.610. The van der Waals surface area contributed by atoms with Crippen LogP contribution in [0.5, 0.6) is 5.75 Å². The van der Waals surface area contributed by atoms with E-state index >= 15 is 0 Å². The molecule has 3 aromatic rings. The second-order valence-electron chi connectivity index (χ2n) is 13.1. The van der Waals surface area contributed by atoms with Crippen LogP contribution in [0.1, 0.15) is 95.9 Å². The number of nitrogens with one attached hydrogen (secondary N) is 3. The molecule has 1 unspecified atom stereocenters. The van der Waals surface area contributed by atoms with Gasteiger partial charge in [-0.2, -0.15) is 5.09 Å². The number of nitrogens with zero attached hydrogens (tertiary/aromatic N) is 1. The number of anilines is 1. The Morgan fingerprint density at radius 2 is 1.76 bits per heavy atom. The summed E-state index contributed by atoms with van der Waals surface area (Å²) in [5, 5.41) is 5.30. The highest BCUT2D eigenvalue weighted by Gasteiger charge is 2.36. The Morgan fingerprint density at radius 3 is 2.41 bits per heavy atom. The number of aromatic nitrogens is 1. The first kappa shape index (κ1) is 27.2. The number of amides is 1. The maximum atomic E-state index is 14.9. The summed E-state index contributed by atoms with van der Waals surface area (Å²) in [5.41, 5.74) is -6.34. The number of hydrogen-bond donors (Lipinski definition) is 3. The number of hydrogen-bond acceptors (Lipinski definition) is 9. The van der Waals surface area contributed by atoms with Crippen molar-refractivity contribution in [2.24, 2.45) is 0 Å². The maximum absolute atomic E-state index is 14.9. The SMILES string of the molecule is [2H]C([2H])([2H])C(c1cc(C(C)(C)C)c(NC(=O)c2c[nH]c3ccccc3c2=O)cc1OP(=O)(N[C@@H](C)C(=O)OC(C)C)OCCN1CCOCC1)(C([2H])([2H])[2H])C([2H])([2H])[2H]. The molecule has 1 aromatic heterocycles. The van der Waals surface area contributed by atoms with Crippen LogP contribution in [-0.4, -0.2) is 73.4 Å². The van der Waals surface area contributed by atoms with Crippen LogP contribution in [0.25, 0.3) is 10.9 Å². The molecular weight excluding hydrogens is 647 g/mol. The van der Waals surface area contributed by atoms with Crippen LogP contribution in [0.2, 0.25) is 0 Å². The lowest BCUT2D eigenvalue weighted by atomic mass is 9.79. The van der Waals surface area contributed by atoms with Crippen molar-refractivity contribution in [3.63, 3.8) is 0 Å². The quantitative estimate of drug-likeness (QED) is 0.148. The zero-order chi connectivity index (χ0) is 43.6. The maximum Gasteiger partial charge on any atom is 0.459 e. The van der Waals surface area contributed by atoms with Crippen molar-refractivity contribution in [1.29, 1.82) is 0 Å². The van der Waals surface area contributed by atoms with Gasteiger partial charge in [-0.05, 0) is 55.4 Å². The molecule has 1 aliphatic heterocycles. The highest BCUT2D eigenvalue weighted by molar-refractivity contribution is 7.52. The van der Waals surface area contributed by atoms with E-state index in [2.05, 4.69) is 15.4 Å². The van der Waals surface area contributed by atoms with E-state index in [0.717, 1.165) is 12.1 Å². The van der Waals surface area contributed by atoms with Gasteiger partial charge in [0, 0.05) is 66.4 Å². The zero-order valence-corrected chi connectivity index (χ0v) is 29.5. The Kier molecular flexibility index (Phi) is 8.64. The summed E-state index contributed by atoms with van der Waals surface area (Å²) in [4.78, 5) is 45.1. The Bertz CT molecular complexity index is 2040. The first-order valence-electron chi connectivity index (χ1n) is 20.5. The van der Waals surface area contributed by atoms with Crippen LogP contribution in [0, 0.1) is 0 Å². The van der Waals surface area contributed by atoms with Gasteiger partial charge in [-0.15, -0.1) is 0 Å². The number of rotatable bonds is 12. The van der Waals surface area contributed by atoms with Gasteiger partial charge in [0.25, 0.3) is 5.91 Å². The standard InChI is InChI=1S/C36H51N4O8P/c1-23(2)47-34(43)24(3)39-49(44,46-19-16-40-14-17-45-18-15-40)48-31-21-30(27(35(4,5)6)20-28(31)36(7,8)9)38-33(42)26-22-37-29-13-11-10-12-25(29)32(26)41/h10-13,20-24H,14-19H2,1-9H3,(H,37,41)(H,38,42)(H,39,44)/t24-,49?/m0/s1/i7D3,8D3,9D3. The van der Waals surface area contributed by atoms with Gasteiger partial charge in [-0.25, -0.2) is 4.57 Å². The van der Waals surface area contributed by atoms with Crippen LogP contribution in [0.4, 0.5) is 5.69 Å². The summed E-state index contributed by atoms with van der Waals surface area (Å²) >= 11 is 0. The highest BCUT2D eigenvalue weighted by Crippen LogP contribution is 2.50. The molecule has 12 nitrogen and oxygen atoms in total. The largest absolute Gasteiger partial charge is 0.462 e. The van der Waals surface area contributed by atoms with Crippen LogP contribution in [-0.2, 0) is 34.2 Å². The molecule has 1 aliphatic rings. The van der Waals surface area contributed by atoms with Gasteiger partial charge in [0.15, 0.2) is 0 Å². The minimum atomic E-state index is -4.95. The number of ether oxygens (including phenoxy) is 2. The monoisotopic (exact) mass is 707 g/mol. The summed E-state index contributed by atoms with van der Waals surface area (Å²) in [6.45, 7) is -0.282. The van der Waals surface area contributed by atoms with Crippen molar-refractivity contribution in [2.45, 2.75) is 85.1 Å². The number of fused-ring (bicyclic) bond motifs is 1. The molecule has 0 aliphatic carbocycles. The fraction of sp³-hybridized carbons (Fsp3) is 0.528. The summed E-state index contributed by atoms with van der Waals surface area (Å²) in [5.74, 6) is -2.70. The van der Waals surface area contributed by atoms with Crippen LogP contribution in [0.15, 0.2) is 47.4 Å². The third-order valence-corrected chi connectivity index (χ3v) is 9.32. The van der Waals surface area contributed by atoms with Gasteiger partial charge < -0.3 is 24.3 Å². The van der Waals surface area contributed by atoms with Gasteiger partial charge in [-0.3, -0.25) is 23.8 Å². The van der Waals surface area contributed by atoms with E-state index < -0.39 is 79.9 Å². The summed E-state index contributed by atoms with van der Waals surface area (Å²) in [6, 6.07) is 7.02. The van der Waals surface area contributed by atoms with Crippen molar-refractivity contribution in [3.8, 4) is 5.75 Å². The average Bonchev–Trinajstić information content (AvgIpc) is 3.07. The Hall–Kier alpha value is -3.54. The molecule has 2 heterocycles. The molecule has 13 heteroatoms. The smallest absolute Gasteiger partial charge is 0.459 e. The van der Waals surface area contributed by atoms with Gasteiger partial charge >= 0.3 is 13.7 Å². The number of esters is 1. The third kappa shape index (κ3) is 10.0. The van der Waals surface area contributed by atoms with Crippen molar-refractivity contribution in [3.05, 3.63) is 69.5 Å². The number of aromatic amines is 1. The molecular formula is C36H51N4O8P. The molecule has 1 saturated heterocycles. The number of carbonyl (C=O) groups is 2. The van der Waals surface area contributed by atoms with Crippen LogP contribution in [0.3, 0.4) is 0 Å². The molecule has 268 valence electrons. The fourth-order valence-corrected chi connectivity index (χ4v) is 6.65. The minimum Gasteiger partial charge on any atom is -0.462 e. The van der Waals surface area contributed by atoms with Crippen LogP contribution >= 0.6 is 7.75 Å². The van der Waals surface area contributed by atoms with Crippen molar-refractivity contribution < 1.29 is 45.0 Å². The third-order valence-electron chi connectivity index (χ3n) is 7.66. The molecule has 3 N–H and O–H groups in total. The second kappa shape index (κ2) is 15.6. The van der Waals surface area contributed by atoms with Gasteiger partial charge in [0.2, 0.25) is 5.43 Å². The van der Waals surface area contributed by atoms with E-state index in [0.29, 0.717) is 31.8 Å². The molecule has 49 heavy (non-hydrogen) atoms. The van der Waals surface area contributed by atoms with Crippen LogP contribution < -0.4 is 20.4 Å². The molecule has 0 spiro atoms.